The molecule has 3 aromatic rings. The van der Waals surface area contributed by atoms with E-state index in [4.69, 9.17) is 4.42 Å². The summed E-state index contributed by atoms with van der Waals surface area (Å²) in [6.45, 7) is 7.02. The van der Waals surface area contributed by atoms with Crippen molar-refractivity contribution >= 4 is 5.91 Å². The second kappa shape index (κ2) is 12.7. The second-order valence-electron chi connectivity index (χ2n) is 9.51. The average Bonchev–Trinajstić information content (AvgIpc) is 3.33. The Hall–Kier alpha value is -2.96. The van der Waals surface area contributed by atoms with Crippen LogP contribution in [0.1, 0.15) is 60.0 Å². The molecule has 5 nitrogen and oxygen atoms in total. The SMILES string of the molecule is CC1CCCCN1CCCNC(=O)c1ccc(CN(Cc2ccccc2)Cc2ccc(F)cc2)o1. The molecule has 1 atom stereocenters. The van der Waals surface area contributed by atoms with E-state index in [2.05, 4.69) is 34.2 Å². The maximum absolute atomic E-state index is 13.4. The lowest BCUT2D eigenvalue weighted by Gasteiger charge is -2.33. The van der Waals surface area contributed by atoms with Gasteiger partial charge in [-0.2, -0.15) is 0 Å². The van der Waals surface area contributed by atoms with Gasteiger partial charge in [0, 0.05) is 32.2 Å². The van der Waals surface area contributed by atoms with E-state index in [0.29, 0.717) is 31.4 Å². The van der Waals surface area contributed by atoms with Crippen molar-refractivity contribution in [2.24, 2.45) is 0 Å². The Morgan fingerprint density at radius 1 is 1.00 bits per heavy atom. The van der Waals surface area contributed by atoms with Crippen LogP contribution in [0.4, 0.5) is 4.39 Å². The summed E-state index contributed by atoms with van der Waals surface area (Å²) >= 11 is 0. The Balaban J connectivity index is 1.31. The Labute approximate surface area is 207 Å². The first-order valence-corrected chi connectivity index (χ1v) is 12.7. The average molecular weight is 478 g/mol. The molecular weight excluding hydrogens is 441 g/mol. The van der Waals surface area contributed by atoms with Gasteiger partial charge in [-0.3, -0.25) is 9.69 Å². The van der Waals surface area contributed by atoms with Gasteiger partial charge in [0.1, 0.15) is 11.6 Å². The van der Waals surface area contributed by atoms with Crippen LogP contribution in [-0.2, 0) is 19.6 Å². The van der Waals surface area contributed by atoms with Crippen molar-refractivity contribution in [1.82, 2.24) is 15.1 Å². The highest BCUT2D eigenvalue weighted by molar-refractivity contribution is 5.91. The summed E-state index contributed by atoms with van der Waals surface area (Å²) in [6, 6.07) is 21.0. The lowest BCUT2D eigenvalue weighted by molar-refractivity contribution is 0.0916. The van der Waals surface area contributed by atoms with E-state index in [-0.39, 0.29) is 11.7 Å². The van der Waals surface area contributed by atoms with Crippen LogP contribution in [0, 0.1) is 5.82 Å². The number of amides is 1. The minimum Gasteiger partial charge on any atom is -0.455 e. The molecule has 2 heterocycles. The largest absolute Gasteiger partial charge is 0.455 e. The van der Waals surface area contributed by atoms with Gasteiger partial charge in [-0.1, -0.05) is 48.9 Å². The molecule has 0 bridgehead atoms. The van der Waals surface area contributed by atoms with Crippen LogP contribution in [0.5, 0.6) is 0 Å². The molecule has 35 heavy (non-hydrogen) atoms. The first-order valence-electron chi connectivity index (χ1n) is 12.7. The number of rotatable bonds is 11. The monoisotopic (exact) mass is 477 g/mol. The Morgan fingerprint density at radius 3 is 2.49 bits per heavy atom. The number of carbonyl (C=O) groups excluding carboxylic acids is 1. The van der Waals surface area contributed by atoms with Gasteiger partial charge < -0.3 is 14.6 Å². The topological polar surface area (TPSA) is 48.7 Å². The standard InChI is InChI=1S/C29H36FN3O2/c1-23-8-5-6-18-33(23)19-7-17-31-29(34)28-16-15-27(35-28)22-32(20-24-9-3-2-4-10-24)21-25-11-13-26(30)14-12-25/h2-4,9-16,23H,5-8,17-22H2,1H3,(H,31,34). The third-order valence-corrected chi connectivity index (χ3v) is 6.68. The van der Waals surface area contributed by atoms with E-state index in [1.54, 1.807) is 18.2 Å². The van der Waals surface area contributed by atoms with Crippen molar-refractivity contribution in [3.63, 3.8) is 0 Å². The van der Waals surface area contributed by atoms with Crippen molar-refractivity contribution in [1.29, 1.82) is 0 Å². The van der Waals surface area contributed by atoms with Gasteiger partial charge in [0.05, 0.1) is 6.54 Å². The quantitative estimate of drug-likeness (QED) is 0.365. The molecule has 1 amide bonds. The normalized spacial score (nSPS) is 16.5. The maximum Gasteiger partial charge on any atom is 0.286 e. The van der Waals surface area contributed by atoms with E-state index < -0.39 is 0 Å². The fourth-order valence-electron chi connectivity index (χ4n) is 4.72. The lowest BCUT2D eigenvalue weighted by Crippen LogP contribution is -2.39. The number of likely N-dealkylation sites (tertiary alicyclic amines) is 1. The molecule has 1 aliphatic heterocycles. The summed E-state index contributed by atoms with van der Waals surface area (Å²) in [6.07, 6.45) is 4.80. The molecular formula is C29H36FN3O2. The van der Waals surface area contributed by atoms with Crippen molar-refractivity contribution in [2.45, 2.75) is 58.3 Å². The Bertz CT molecular complexity index is 1050. The first-order chi connectivity index (χ1) is 17.1. The van der Waals surface area contributed by atoms with Crippen LogP contribution in [-0.4, -0.2) is 41.4 Å². The first kappa shape index (κ1) is 25.1. The van der Waals surface area contributed by atoms with Crippen molar-refractivity contribution in [2.75, 3.05) is 19.6 Å². The number of halogens is 1. The predicted molar refractivity (Wildman–Crippen MR) is 136 cm³/mol. The number of nitrogens with one attached hydrogen (secondary N) is 1. The van der Waals surface area contributed by atoms with Gasteiger partial charge in [0.2, 0.25) is 0 Å². The molecule has 4 rings (SSSR count). The summed E-state index contributed by atoms with van der Waals surface area (Å²) in [5.41, 5.74) is 2.21. The van der Waals surface area contributed by atoms with E-state index in [1.165, 1.54) is 37.0 Å². The van der Waals surface area contributed by atoms with Gasteiger partial charge in [-0.25, -0.2) is 4.39 Å². The number of piperidine rings is 1. The number of hydrogen-bond acceptors (Lipinski definition) is 4. The maximum atomic E-state index is 13.4. The fraction of sp³-hybridized carbons (Fsp3) is 0.414. The highest BCUT2D eigenvalue weighted by atomic mass is 19.1. The van der Waals surface area contributed by atoms with Crippen LogP contribution in [0.2, 0.25) is 0 Å². The van der Waals surface area contributed by atoms with Gasteiger partial charge in [-0.15, -0.1) is 0 Å². The van der Waals surface area contributed by atoms with Crippen molar-refractivity contribution in [3.8, 4) is 0 Å². The number of furan rings is 1. The molecule has 1 aliphatic rings. The molecule has 0 radical (unpaired) electrons. The summed E-state index contributed by atoms with van der Waals surface area (Å²) in [7, 11) is 0. The zero-order chi connectivity index (χ0) is 24.5. The van der Waals surface area contributed by atoms with Gasteiger partial charge in [0.25, 0.3) is 5.91 Å². The summed E-state index contributed by atoms with van der Waals surface area (Å²) in [5.74, 6) is 0.662. The molecule has 186 valence electrons. The van der Waals surface area contributed by atoms with Crippen LogP contribution in [0.25, 0.3) is 0 Å². The number of benzene rings is 2. The number of carbonyl (C=O) groups is 1. The van der Waals surface area contributed by atoms with Crippen LogP contribution in [0.3, 0.4) is 0 Å². The minimum atomic E-state index is -0.240. The van der Waals surface area contributed by atoms with E-state index in [0.717, 1.165) is 37.4 Å². The smallest absolute Gasteiger partial charge is 0.286 e. The summed E-state index contributed by atoms with van der Waals surface area (Å²) < 4.78 is 19.3. The summed E-state index contributed by atoms with van der Waals surface area (Å²) in [5, 5.41) is 3.00. The second-order valence-corrected chi connectivity index (χ2v) is 9.51. The molecule has 1 fully saturated rings. The van der Waals surface area contributed by atoms with E-state index in [1.807, 2.05) is 24.3 Å². The molecule has 1 unspecified atom stereocenters. The fourth-order valence-corrected chi connectivity index (χ4v) is 4.72. The van der Waals surface area contributed by atoms with E-state index in [9.17, 15) is 9.18 Å². The van der Waals surface area contributed by atoms with Crippen molar-refractivity contribution < 1.29 is 13.6 Å². The summed E-state index contributed by atoms with van der Waals surface area (Å²) in [4.78, 5) is 17.3. The zero-order valence-electron chi connectivity index (χ0n) is 20.6. The molecule has 1 saturated heterocycles. The molecule has 1 aromatic heterocycles. The third kappa shape index (κ3) is 7.77. The molecule has 1 N–H and O–H groups in total. The predicted octanol–water partition coefficient (Wildman–Crippen LogP) is 5.62. The molecule has 0 spiro atoms. The number of hydrogen-bond donors (Lipinski definition) is 1. The minimum absolute atomic E-state index is 0.170. The Morgan fingerprint density at radius 2 is 1.74 bits per heavy atom. The molecule has 0 aliphatic carbocycles. The molecule has 6 heteroatoms. The lowest BCUT2D eigenvalue weighted by atomic mass is 10.0. The van der Waals surface area contributed by atoms with Crippen LogP contribution < -0.4 is 5.32 Å². The van der Waals surface area contributed by atoms with E-state index >= 15 is 0 Å². The highest BCUT2D eigenvalue weighted by Gasteiger charge is 2.18. The van der Waals surface area contributed by atoms with Gasteiger partial charge in [-0.05, 0) is 68.1 Å². The highest BCUT2D eigenvalue weighted by Crippen LogP contribution is 2.18. The van der Waals surface area contributed by atoms with Crippen LogP contribution in [0.15, 0.2) is 71.1 Å². The van der Waals surface area contributed by atoms with Crippen molar-refractivity contribution in [3.05, 3.63) is 95.2 Å². The molecule has 2 aromatic carbocycles. The Kier molecular flexibility index (Phi) is 9.09. The van der Waals surface area contributed by atoms with Gasteiger partial charge >= 0.3 is 0 Å². The molecule has 0 saturated carbocycles. The zero-order valence-corrected chi connectivity index (χ0v) is 20.6. The van der Waals surface area contributed by atoms with Crippen LogP contribution >= 0.6 is 0 Å². The number of nitrogens with zero attached hydrogens (tertiary/aromatic N) is 2. The van der Waals surface area contributed by atoms with Gasteiger partial charge in [0.15, 0.2) is 5.76 Å². The third-order valence-electron chi connectivity index (χ3n) is 6.68.